The van der Waals surface area contributed by atoms with Gasteiger partial charge in [0.15, 0.2) is 6.79 Å². The average Bonchev–Trinajstić information content (AvgIpc) is 2.17. The predicted molar refractivity (Wildman–Crippen MR) is 51.6 cm³/mol. The number of aryl methyl sites for hydroxylation is 1. The highest BCUT2D eigenvalue weighted by Gasteiger charge is 1.99. The molecule has 0 radical (unpaired) electrons. The average molecular weight is 176 g/mol. The Kier molecular flexibility index (Phi) is 3.36. The van der Waals surface area contributed by atoms with Gasteiger partial charge in [-0.25, -0.2) is 0 Å². The maximum atomic E-state index is 5.31. The van der Waals surface area contributed by atoms with E-state index >= 15 is 0 Å². The topological polar surface area (TPSA) is 18.5 Å². The minimum Gasteiger partial charge on any atom is -0.467 e. The Hall–Kier alpha value is -1.46. The Bertz CT molecular complexity index is 323. The fourth-order valence-corrected chi connectivity index (χ4v) is 0.968. The molecule has 1 aromatic carbocycles. The molecule has 0 aliphatic carbocycles. The zero-order valence-corrected chi connectivity index (χ0v) is 7.83. The van der Waals surface area contributed by atoms with Crippen LogP contribution in [0.5, 0.6) is 5.75 Å². The van der Waals surface area contributed by atoms with Gasteiger partial charge in [0.1, 0.15) is 5.75 Å². The van der Waals surface area contributed by atoms with E-state index < -0.39 is 0 Å². The van der Waals surface area contributed by atoms with Gasteiger partial charge in [-0.05, 0) is 24.6 Å². The van der Waals surface area contributed by atoms with Crippen LogP contribution in [0.1, 0.15) is 11.1 Å². The van der Waals surface area contributed by atoms with E-state index in [0.29, 0.717) is 0 Å². The van der Waals surface area contributed by atoms with Gasteiger partial charge in [-0.3, -0.25) is 0 Å². The van der Waals surface area contributed by atoms with Crippen LogP contribution >= 0.6 is 0 Å². The lowest BCUT2D eigenvalue weighted by Crippen LogP contribution is -2.00. The molecule has 1 aromatic rings. The molecule has 0 saturated carbocycles. The summed E-state index contributed by atoms with van der Waals surface area (Å²) in [6.07, 6.45) is 5.26. The third-order valence-corrected chi connectivity index (χ3v) is 1.69. The van der Waals surface area contributed by atoms with E-state index in [2.05, 4.69) is 5.92 Å². The van der Waals surface area contributed by atoms with Crippen molar-refractivity contribution in [3.63, 3.8) is 0 Å². The molecule has 0 bridgehead atoms. The van der Waals surface area contributed by atoms with E-state index in [1.54, 1.807) is 7.11 Å². The van der Waals surface area contributed by atoms with Crippen molar-refractivity contribution < 1.29 is 9.47 Å². The van der Waals surface area contributed by atoms with E-state index in [9.17, 15) is 0 Å². The zero-order chi connectivity index (χ0) is 9.68. The van der Waals surface area contributed by atoms with Gasteiger partial charge >= 0.3 is 0 Å². The van der Waals surface area contributed by atoms with Gasteiger partial charge in [0.25, 0.3) is 0 Å². The van der Waals surface area contributed by atoms with Gasteiger partial charge in [-0.15, -0.1) is 6.42 Å². The second kappa shape index (κ2) is 4.54. The van der Waals surface area contributed by atoms with Crippen LogP contribution in [-0.4, -0.2) is 13.9 Å². The molecule has 13 heavy (non-hydrogen) atoms. The van der Waals surface area contributed by atoms with Crippen LogP contribution in [0.3, 0.4) is 0 Å². The van der Waals surface area contributed by atoms with Crippen LogP contribution < -0.4 is 4.74 Å². The maximum absolute atomic E-state index is 5.31. The highest BCUT2D eigenvalue weighted by atomic mass is 16.7. The first-order valence-electron chi connectivity index (χ1n) is 3.97. The molecule has 0 fully saturated rings. The van der Waals surface area contributed by atoms with E-state index in [4.69, 9.17) is 15.9 Å². The van der Waals surface area contributed by atoms with Crippen LogP contribution in [0.25, 0.3) is 0 Å². The number of benzene rings is 1. The smallest absolute Gasteiger partial charge is 0.188 e. The summed E-state index contributed by atoms with van der Waals surface area (Å²) in [6, 6.07) is 5.64. The van der Waals surface area contributed by atoms with Crippen LogP contribution in [0.2, 0.25) is 0 Å². The predicted octanol–water partition coefficient (Wildman–Crippen LogP) is 1.96. The molecule has 0 heterocycles. The van der Waals surface area contributed by atoms with Crippen molar-refractivity contribution in [1.82, 2.24) is 0 Å². The third-order valence-electron chi connectivity index (χ3n) is 1.69. The molecule has 0 unspecified atom stereocenters. The summed E-state index contributed by atoms with van der Waals surface area (Å²) in [5.74, 6) is 3.33. The van der Waals surface area contributed by atoms with E-state index in [0.717, 1.165) is 16.9 Å². The normalized spacial score (nSPS) is 9.31. The molecule has 0 aliphatic heterocycles. The molecule has 2 nitrogen and oxygen atoms in total. The standard InChI is InChI=1S/C11H12O2/c1-4-10-6-5-9(2)11(7-10)13-8-12-3/h1,5-7H,8H2,2-3H3. The van der Waals surface area contributed by atoms with Crippen molar-refractivity contribution in [3.8, 4) is 18.1 Å². The van der Waals surface area contributed by atoms with Crippen LogP contribution in [0, 0.1) is 19.3 Å². The van der Waals surface area contributed by atoms with E-state index in [1.807, 2.05) is 25.1 Å². The number of hydrogen-bond donors (Lipinski definition) is 0. The molecule has 0 saturated heterocycles. The fourth-order valence-electron chi connectivity index (χ4n) is 0.968. The van der Waals surface area contributed by atoms with E-state index in [-0.39, 0.29) is 6.79 Å². The Balaban J connectivity index is 2.85. The molecular formula is C11H12O2. The van der Waals surface area contributed by atoms with Crippen molar-refractivity contribution in [2.24, 2.45) is 0 Å². The second-order valence-electron chi connectivity index (χ2n) is 2.68. The third kappa shape index (κ3) is 2.50. The largest absolute Gasteiger partial charge is 0.467 e. The lowest BCUT2D eigenvalue weighted by molar-refractivity contribution is 0.0506. The summed E-state index contributed by atoms with van der Waals surface area (Å²) >= 11 is 0. The molecule has 1 rings (SSSR count). The van der Waals surface area contributed by atoms with Gasteiger partial charge in [0, 0.05) is 12.7 Å². The molecule has 68 valence electrons. The molecule has 0 amide bonds. The van der Waals surface area contributed by atoms with E-state index in [1.165, 1.54) is 0 Å². The molecule has 0 aliphatic rings. The summed E-state index contributed by atoms with van der Waals surface area (Å²) in [5, 5.41) is 0. The summed E-state index contributed by atoms with van der Waals surface area (Å²) in [5.41, 5.74) is 1.87. The maximum Gasteiger partial charge on any atom is 0.188 e. The SMILES string of the molecule is C#Cc1ccc(C)c(OCOC)c1. The van der Waals surface area contributed by atoms with Crippen molar-refractivity contribution >= 4 is 0 Å². The monoisotopic (exact) mass is 176 g/mol. The number of methoxy groups -OCH3 is 1. The summed E-state index contributed by atoms with van der Waals surface area (Å²) < 4.78 is 10.1. The summed E-state index contributed by atoms with van der Waals surface area (Å²) in [7, 11) is 1.58. The Labute approximate surface area is 78.5 Å². The first kappa shape index (κ1) is 9.63. The molecule has 0 N–H and O–H groups in total. The molecule has 0 atom stereocenters. The van der Waals surface area contributed by atoms with Crippen molar-refractivity contribution in [1.29, 1.82) is 0 Å². The molecular weight excluding hydrogens is 164 g/mol. The van der Waals surface area contributed by atoms with Gasteiger partial charge in [-0.1, -0.05) is 12.0 Å². The Morgan fingerprint density at radius 1 is 1.46 bits per heavy atom. The van der Waals surface area contributed by atoms with Crippen molar-refractivity contribution in [2.75, 3.05) is 13.9 Å². The number of ether oxygens (including phenoxy) is 2. The lowest BCUT2D eigenvalue weighted by Gasteiger charge is -2.07. The van der Waals surface area contributed by atoms with Gasteiger partial charge < -0.3 is 9.47 Å². The first-order valence-corrected chi connectivity index (χ1v) is 3.97. The van der Waals surface area contributed by atoms with Crippen LogP contribution in [0.15, 0.2) is 18.2 Å². The highest BCUT2D eigenvalue weighted by molar-refractivity contribution is 5.43. The summed E-state index contributed by atoms with van der Waals surface area (Å²) in [6.45, 7) is 2.21. The lowest BCUT2D eigenvalue weighted by atomic mass is 10.1. The number of terminal acetylenes is 1. The second-order valence-corrected chi connectivity index (χ2v) is 2.68. The highest BCUT2D eigenvalue weighted by Crippen LogP contribution is 2.18. The quantitative estimate of drug-likeness (QED) is 0.517. The van der Waals surface area contributed by atoms with Crippen molar-refractivity contribution in [2.45, 2.75) is 6.92 Å². The molecule has 2 heteroatoms. The molecule has 0 aromatic heterocycles. The van der Waals surface area contributed by atoms with Crippen LogP contribution in [-0.2, 0) is 4.74 Å². The number of hydrogen-bond acceptors (Lipinski definition) is 2. The van der Waals surface area contributed by atoms with Crippen molar-refractivity contribution in [3.05, 3.63) is 29.3 Å². The first-order chi connectivity index (χ1) is 6.27. The minimum atomic E-state index is 0.245. The Morgan fingerprint density at radius 3 is 2.85 bits per heavy atom. The Morgan fingerprint density at radius 2 is 2.23 bits per heavy atom. The fraction of sp³-hybridized carbons (Fsp3) is 0.273. The molecule has 0 spiro atoms. The number of rotatable bonds is 3. The van der Waals surface area contributed by atoms with Crippen LogP contribution in [0.4, 0.5) is 0 Å². The van der Waals surface area contributed by atoms with Gasteiger partial charge in [-0.2, -0.15) is 0 Å². The minimum absolute atomic E-state index is 0.245. The van der Waals surface area contributed by atoms with Gasteiger partial charge in [0.05, 0.1) is 0 Å². The van der Waals surface area contributed by atoms with Gasteiger partial charge in [0.2, 0.25) is 0 Å². The zero-order valence-electron chi connectivity index (χ0n) is 7.83. The summed E-state index contributed by atoms with van der Waals surface area (Å²) in [4.78, 5) is 0.